The molecule has 0 radical (unpaired) electrons. The van der Waals surface area contributed by atoms with E-state index >= 15 is 0 Å². The summed E-state index contributed by atoms with van der Waals surface area (Å²) in [4.78, 5) is 5.11. The molecule has 2 atom stereocenters. The second kappa shape index (κ2) is 2.87. The number of aliphatic imine (C=N–C) groups is 1. The second-order valence-electron chi connectivity index (χ2n) is 6.99. The van der Waals surface area contributed by atoms with Gasteiger partial charge in [0.25, 0.3) is 0 Å². The first kappa shape index (κ1) is 9.86. The Labute approximate surface area is 93.4 Å². The van der Waals surface area contributed by atoms with E-state index < -0.39 is 0 Å². The highest BCUT2D eigenvalue weighted by atomic mass is 14.9. The van der Waals surface area contributed by atoms with Crippen LogP contribution in [-0.2, 0) is 0 Å². The van der Waals surface area contributed by atoms with Crippen molar-refractivity contribution >= 4 is 5.71 Å². The molecule has 3 rings (SSSR count). The van der Waals surface area contributed by atoms with Gasteiger partial charge in [-0.15, -0.1) is 0 Å². The van der Waals surface area contributed by atoms with Crippen LogP contribution in [-0.4, -0.2) is 11.8 Å². The van der Waals surface area contributed by atoms with Crippen molar-refractivity contribution in [1.29, 1.82) is 0 Å². The van der Waals surface area contributed by atoms with Crippen LogP contribution >= 0.6 is 0 Å². The Balaban J connectivity index is 1.87. The molecule has 1 spiro atoms. The van der Waals surface area contributed by atoms with Gasteiger partial charge in [-0.25, -0.2) is 0 Å². The van der Waals surface area contributed by atoms with E-state index in [1.54, 1.807) is 0 Å². The average molecular weight is 205 g/mol. The molecule has 2 fully saturated rings. The number of nitrogens with zero attached hydrogens (tertiary/aromatic N) is 1. The number of hydrogen-bond donors (Lipinski definition) is 0. The summed E-state index contributed by atoms with van der Waals surface area (Å²) in [5, 5.41) is 0. The molecule has 0 aromatic rings. The normalized spacial score (nSPS) is 37.7. The molecule has 2 unspecified atom stereocenters. The molecular formula is C14H23N. The maximum Gasteiger partial charge on any atom is 0.0587 e. The van der Waals surface area contributed by atoms with E-state index in [2.05, 4.69) is 20.8 Å². The van der Waals surface area contributed by atoms with Crippen LogP contribution in [0.4, 0.5) is 0 Å². The van der Waals surface area contributed by atoms with Crippen LogP contribution in [0.1, 0.15) is 59.3 Å². The van der Waals surface area contributed by atoms with Crippen LogP contribution in [0.15, 0.2) is 4.99 Å². The van der Waals surface area contributed by atoms with Crippen LogP contribution in [0, 0.1) is 16.7 Å². The van der Waals surface area contributed by atoms with Crippen molar-refractivity contribution in [3.63, 3.8) is 0 Å². The SMILES string of the molecule is CC(C)(C)C1=NC2C(CCCC23CC3)C1. The summed E-state index contributed by atoms with van der Waals surface area (Å²) < 4.78 is 0. The summed E-state index contributed by atoms with van der Waals surface area (Å²) in [6, 6.07) is 0.723. The zero-order chi connectivity index (χ0) is 10.7. The Morgan fingerprint density at radius 3 is 2.53 bits per heavy atom. The highest BCUT2D eigenvalue weighted by Crippen LogP contribution is 2.61. The average Bonchev–Trinajstić information content (AvgIpc) is 2.76. The minimum atomic E-state index is 0.313. The summed E-state index contributed by atoms with van der Waals surface area (Å²) in [7, 11) is 0. The Bertz CT molecular complexity index is 304. The fraction of sp³-hybridized carbons (Fsp3) is 0.929. The van der Waals surface area contributed by atoms with Gasteiger partial charge in [0.1, 0.15) is 0 Å². The number of hydrogen-bond acceptors (Lipinski definition) is 1. The standard InChI is InChI=1S/C14H23N/c1-13(2,3)11-9-10-5-4-6-14(7-8-14)12(10)15-11/h10,12H,4-9H2,1-3H3. The first-order chi connectivity index (χ1) is 7.01. The Morgan fingerprint density at radius 2 is 1.93 bits per heavy atom. The molecule has 0 bridgehead atoms. The number of fused-ring (bicyclic) bond motifs is 2. The van der Waals surface area contributed by atoms with Crippen molar-refractivity contribution in [3.8, 4) is 0 Å². The minimum Gasteiger partial charge on any atom is -0.289 e. The lowest BCUT2D eigenvalue weighted by molar-refractivity contribution is 0.221. The predicted molar refractivity (Wildman–Crippen MR) is 64.3 cm³/mol. The Morgan fingerprint density at radius 1 is 1.20 bits per heavy atom. The van der Waals surface area contributed by atoms with E-state index in [9.17, 15) is 0 Å². The molecule has 3 aliphatic rings. The molecule has 1 heterocycles. The summed E-state index contributed by atoms with van der Waals surface area (Å²) in [5.74, 6) is 0.912. The summed E-state index contributed by atoms with van der Waals surface area (Å²) in [6.45, 7) is 6.97. The van der Waals surface area contributed by atoms with Gasteiger partial charge in [-0.05, 0) is 48.9 Å². The van der Waals surface area contributed by atoms with Crippen molar-refractivity contribution in [3.05, 3.63) is 0 Å². The highest BCUT2D eigenvalue weighted by molar-refractivity contribution is 5.91. The van der Waals surface area contributed by atoms with E-state index in [-0.39, 0.29) is 0 Å². The van der Waals surface area contributed by atoms with Crippen molar-refractivity contribution in [2.24, 2.45) is 21.7 Å². The van der Waals surface area contributed by atoms with Gasteiger partial charge in [-0.3, -0.25) is 4.99 Å². The van der Waals surface area contributed by atoms with Gasteiger partial charge >= 0.3 is 0 Å². The predicted octanol–water partition coefficient (Wildman–Crippen LogP) is 3.83. The fourth-order valence-corrected chi connectivity index (χ4v) is 3.65. The lowest BCUT2D eigenvalue weighted by atomic mass is 9.74. The van der Waals surface area contributed by atoms with Crippen molar-refractivity contribution in [2.75, 3.05) is 0 Å². The van der Waals surface area contributed by atoms with Gasteiger partial charge in [0.15, 0.2) is 0 Å². The van der Waals surface area contributed by atoms with Gasteiger partial charge < -0.3 is 0 Å². The smallest absolute Gasteiger partial charge is 0.0587 e. The third kappa shape index (κ3) is 1.46. The van der Waals surface area contributed by atoms with Crippen molar-refractivity contribution in [2.45, 2.75) is 65.3 Å². The zero-order valence-electron chi connectivity index (χ0n) is 10.3. The zero-order valence-corrected chi connectivity index (χ0v) is 10.3. The molecular weight excluding hydrogens is 182 g/mol. The largest absolute Gasteiger partial charge is 0.289 e. The first-order valence-electron chi connectivity index (χ1n) is 6.58. The lowest BCUT2D eigenvalue weighted by Gasteiger charge is -2.32. The molecule has 1 aliphatic heterocycles. The van der Waals surface area contributed by atoms with Gasteiger partial charge in [-0.1, -0.05) is 27.2 Å². The van der Waals surface area contributed by atoms with Crippen LogP contribution < -0.4 is 0 Å². The summed E-state index contributed by atoms with van der Waals surface area (Å²) >= 11 is 0. The third-order valence-corrected chi connectivity index (χ3v) is 4.83. The van der Waals surface area contributed by atoms with Crippen LogP contribution in [0.5, 0.6) is 0 Å². The quantitative estimate of drug-likeness (QED) is 0.570. The lowest BCUT2D eigenvalue weighted by Crippen LogP contribution is -2.30. The Kier molecular flexibility index (Phi) is 1.88. The summed E-state index contributed by atoms with van der Waals surface area (Å²) in [6.07, 6.45) is 8.61. The maximum absolute atomic E-state index is 5.11. The molecule has 2 saturated carbocycles. The Hall–Kier alpha value is -0.330. The minimum absolute atomic E-state index is 0.313. The van der Waals surface area contributed by atoms with E-state index in [1.165, 1.54) is 44.2 Å². The molecule has 0 amide bonds. The second-order valence-corrected chi connectivity index (χ2v) is 6.99. The molecule has 84 valence electrons. The maximum atomic E-state index is 5.11. The molecule has 0 saturated heterocycles. The van der Waals surface area contributed by atoms with E-state index in [4.69, 9.17) is 4.99 Å². The monoisotopic (exact) mass is 205 g/mol. The molecule has 0 N–H and O–H groups in total. The van der Waals surface area contributed by atoms with Crippen molar-refractivity contribution in [1.82, 2.24) is 0 Å². The highest BCUT2D eigenvalue weighted by Gasteiger charge is 2.55. The van der Waals surface area contributed by atoms with Gasteiger partial charge in [0.2, 0.25) is 0 Å². The van der Waals surface area contributed by atoms with Gasteiger partial charge in [0, 0.05) is 5.71 Å². The van der Waals surface area contributed by atoms with E-state index in [0.717, 1.165) is 12.0 Å². The molecule has 0 aromatic carbocycles. The van der Waals surface area contributed by atoms with E-state index in [1.807, 2.05) is 0 Å². The fourth-order valence-electron chi connectivity index (χ4n) is 3.65. The molecule has 2 aliphatic carbocycles. The molecule has 1 heteroatoms. The number of rotatable bonds is 0. The summed E-state index contributed by atoms with van der Waals surface area (Å²) in [5.41, 5.74) is 2.51. The van der Waals surface area contributed by atoms with Crippen LogP contribution in [0.2, 0.25) is 0 Å². The molecule has 15 heavy (non-hydrogen) atoms. The molecule has 0 aromatic heterocycles. The van der Waals surface area contributed by atoms with Crippen molar-refractivity contribution < 1.29 is 0 Å². The van der Waals surface area contributed by atoms with Gasteiger partial charge in [-0.2, -0.15) is 0 Å². The third-order valence-electron chi connectivity index (χ3n) is 4.83. The van der Waals surface area contributed by atoms with Crippen LogP contribution in [0.3, 0.4) is 0 Å². The first-order valence-corrected chi connectivity index (χ1v) is 6.58. The molecule has 1 nitrogen and oxygen atoms in total. The van der Waals surface area contributed by atoms with Crippen LogP contribution in [0.25, 0.3) is 0 Å². The topological polar surface area (TPSA) is 12.4 Å². The van der Waals surface area contributed by atoms with E-state index in [0.29, 0.717) is 10.8 Å². The van der Waals surface area contributed by atoms with Gasteiger partial charge in [0.05, 0.1) is 6.04 Å².